The van der Waals surface area contributed by atoms with Crippen LogP contribution >= 0.6 is 0 Å². The molecule has 6 heterocycles. The third-order valence-corrected chi connectivity index (χ3v) is 6.50. The molecule has 0 spiro atoms. The van der Waals surface area contributed by atoms with Gasteiger partial charge in [0.15, 0.2) is 0 Å². The van der Waals surface area contributed by atoms with Gasteiger partial charge < -0.3 is 14.7 Å². The molecule has 2 atom stereocenters. The van der Waals surface area contributed by atoms with Gasteiger partial charge in [0, 0.05) is 42.5 Å². The molecule has 6 rings (SSSR count). The maximum Gasteiger partial charge on any atom is 0.138 e. The Hall–Kier alpha value is -3.52. The van der Waals surface area contributed by atoms with Crippen molar-refractivity contribution in [1.29, 1.82) is 0 Å². The number of hydrogen-bond acceptors (Lipinski definition) is 6. The number of piperazine rings is 1. The first-order valence-electron chi connectivity index (χ1n) is 11.6. The minimum atomic E-state index is -0.944. The van der Waals surface area contributed by atoms with Gasteiger partial charge in [-0.05, 0) is 45.4 Å². The summed E-state index contributed by atoms with van der Waals surface area (Å²) < 4.78 is 7.58. The van der Waals surface area contributed by atoms with E-state index in [-0.39, 0.29) is 6.61 Å². The molecule has 2 unspecified atom stereocenters. The molecule has 7 nitrogen and oxygen atoms in total. The molecule has 174 valence electrons. The highest BCUT2D eigenvalue weighted by Crippen LogP contribution is 2.35. The average molecular weight is 456 g/mol. The fraction of sp³-hybridized carbons (Fsp3) is 0.407. The fourth-order valence-corrected chi connectivity index (χ4v) is 4.80. The standard InChI is InChI=1S/C27H29N5O2/c1-5-7-10-31-21-11-22(31)16-30(15-21)25-9-8-20(13-28-25)24-12-23(34-18-27(3,4)33)17-32-26(24)19(6-2)14-29-32/h2,8-9,12-14,17,21-22,33H,10-11,15-16,18H2,1,3-4H3. The maximum atomic E-state index is 10.1. The van der Waals surface area contributed by atoms with Crippen LogP contribution in [0.1, 0.15) is 32.8 Å². The highest BCUT2D eigenvalue weighted by atomic mass is 16.5. The lowest BCUT2D eigenvalue weighted by atomic mass is 9.87. The van der Waals surface area contributed by atoms with Crippen LogP contribution in [0.15, 0.2) is 36.8 Å². The van der Waals surface area contributed by atoms with E-state index in [4.69, 9.17) is 16.1 Å². The second-order valence-electron chi connectivity index (χ2n) is 9.64. The lowest BCUT2D eigenvalue weighted by Gasteiger charge is -2.56. The number of pyridine rings is 2. The molecular formula is C27H29N5O2. The quantitative estimate of drug-likeness (QED) is 0.577. The number of nitrogens with zero attached hydrogens (tertiary/aromatic N) is 5. The van der Waals surface area contributed by atoms with Crippen molar-refractivity contribution in [2.45, 2.75) is 44.9 Å². The summed E-state index contributed by atoms with van der Waals surface area (Å²) in [5.74, 6) is 10.5. The van der Waals surface area contributed by atoms with Crippen LogP contribution in [-0.4, -0.2) is 68.5 Å². The molecule has 0 aromatic carbocycles. The number of anilines is 1. The highest BCUT2D eigenvalue weighted by Gasteiger charge is 2.44. The molecule has 0 aliphatic carbocycles. The number of fused-ring (bicyclic) bond motifs is 3. The average Bonchev–Trinajstić information content (AvgIpc) is 3.25. The predicted molar refractivity (Wildman–Crippen MR) is 133 cm³/mol. The molecule has 3 aliphatic heterocycles. The minimum Gasteiger partial charge on any atom is -0.489 e. The van der Waals surface area contributed by atoms with Crippen LogP contribution in [0.3, 0.4) is 0 Å². The van der Waals surface area contributed by atoms with Gasteiger partial charge in [0.2, 0.25) is 0 Å². The molecule has 2 bridgehead atoms. The fourth-order valence-electron chi connectivity index (χ4n) is 4.80. The molecule has 3 aliphatic rings. The summed E-state index contributed by atoms with van der Waals surface area (Å²) in [5, 5.41) is 14.5. The third-order valence-electron chi connectivity index (χ3n) is 6.50. The first-order valence-corrected chi connectivity index (χ1v) is 11.6. The normalized spacial score (nSPS) is 19.8. The molecule has 7 heteroatoms. The first kappa shape index (κ1) is 22.3. The van der Waals surface area contributed by atoms with Gasteiger partial charge in [0.25, 0.3) is 0 Å². The number of hydrogen-bond donors (Lipinski definition) is 1. The van der Waals surface area contributed by atoms with Gasteiger partial charge in [-0.1, -0.05) is 11.8 Å². The summed E-state index contributed by atoms with van der Waals surface area (Å²) in [6, 6.07) is 7.18. The van der Waals surface area contributed by atoms with Gasteiger partial charge in [-0.15, -0.1) is 12.3 Å². The van der Waals surface area contributed by atoms with Crippen molar-refractivity contribution in [2.24, 2.45) is 0 Å². The Kier molecular flexibility index (Phi) is 5.69. The van der Waals surface area contributed by atoms with E-state index in [0.717, 1.165) is 42.1 Å². The molecule has 3 aromatic rings. The van der Waals surface area contributed by atoms with Crippen LogP contribution < -0.4 is 9.64 Å². The van der Waals surface area contributed by atoms with E-state index in [1.54, 1.807) is 30.8 Å². The van der Waals surface area contributed by atoms with Gasteiger partial charge in [-0.3, -0.25) is 4.90 Å². The van der Waals surface area contributed by atoms with Crippen LogP contribution in [0.5, 0.6) is 5.75 Å². The largest absolute Gasteiger partial charge is 0.489 e. The summed E-state index contributed by atoms with van der Waals surface area (Å²) in [4.78, 5) is 9.66. The second kappa shape index (κ2) is 8.68. The number of aromatic nitrogens is 3. The molecular weight excluding hydrogens is 426 g/mol. The topological polar surface area (TPSA) is 66.1 Å². The monoisotopic (exact) mass is 455 g/mol. The molecule has 3 aromatic heterocycles. The molecule has 0 saturated carbocycles. The van der Waals surface area contributed by atoms with E-state index in [1.807, 2.05) is 19.2 Å². The number of aliphatic hydroxyl groups is 1. The van der Waals surface area contributed by atoms with Crippen molar-refractivity contribution in [2.75, 3.05) is 31.1 Å². The van der Waals surface area contributed by atoms with Gasteiger partial charge in [-0.25, -0.2) is 9.50 Å². The van der Waals surface area contributed by atoms with Gasteiger partial charge in [0.1, 0.15) is 18.2 Å². The van der Waals surface area contributed by atoms with Gasteiger partial charge in [0.05, 0.1) is 35.6 Å². The van der Waals surface area contributed by atoms with Crippen LogP contribution in [-0.2, 0) is 0 Å². The third kappa shape index (κ3) is 4.21. The lowest BCUT2D eigenvalue weighted by Crippen LogP contribution is -2.68. The summed E-state index contributed by atoms with van der Waals surface area (Å²) >= 11 is 0. The zero-order valence-electron chi connectivity index (χ0n) is 19.8. The van der Waals surface area contributed by atoms with E-state index < -0.39 is 5.60 Å². The molecule has 3 saturated heterocycles. The molecule has 0 radical (unpaired) electrons. The van der Waals surface area contributed by atoms with Crippen molar-refractivity contribution in [3.63, 3.8) is 0 Å². The van der Waals surface area contributed by atoms with Crippen LogP contribution in [0, 0.1) is 24.2 Å². The Bertz CT molecular complexity index is 1290. The SMILES string of the molecule is C#Cc1cnn2cc(OCC(C)(C)O)cc(-c3ccc(N4CC5CC(C4)N5CC#CC)nc3)c12. The van der Waals surface area contributed by atoms with Gasteiger partial charge >= 0.3 is 0 Å². The Morgan fingerprint density at radius 1 is 1.24 bits per heavy atom. The minimum absolute atomic E-state index is 0.163. The summed E-state index contributed by atoms with van der Waals surface area (Å²) in [7, 11) is 0. The highest BCUT2D eigenvalue weighted by molar-refractivity contribution is 5.85. The Morgan fingerprint density at radius 3 is 2.68 bits per heavy atom. The van der Waals surface area contributed by atoms with Crippen LogP contribution in [0.25, 0.3) is 16.6 Å². The van der Waals surface area contributed by atoms with Crippen molar-refractivity contribution in [3.8, 4) is 41.1 Å². The summed E-state index contributed by atoms with van der Waals surface area (Å²) in [6.45, 7) is 8.28. The van der Waals surface area contributed by atoms with Crippen molar-refractivity contribution >= 4 is 11.3 Å². The van der Waals surface area contributed by atoms with E-state index in [0.29, 0.717) is 23.4 Å². The zero-order chi connectivity index (χ0) is 23.9. The molecule has 34 heavy (non-hydrogen) atoms. The Morgan fingerprint density at radius 2 is 2.03 bits per heavy atom. The maximum absolute atomic E-state index is 10.1. The van der Waals surface area contributed by atoms with Crippen molar-refractivity contribution in [1.82, 2.24) is 19.5 Å². The van der Waals surface area contributed by atoms with Crippen LogP contribution in [0.4, 0.5) is 5.82 Å². The Labute approximate surface area is 200 Å². The Balaban J connectivity index is 1.41. The van der Waals surface area contributed by atoms with Crippen molar-refractivity contribution < 1.29 is 9.84 Å². The van der Waals surface area contributed by atoms with E-state index in [9.17, 15) is 5.11 Å². The predicted octanol–water partition coefficient (Wildman–Crippen LogP) is 2.81. The summed E-state index contributed by atoms with van der Waals surface area (Å²) in [6.07, 6.45) is 12.3. The van der Waals surface area contributed by atoms with Crippen LogP contribution in [0.2, 0.25) is 0 Å². The number of ether oxygens (including phenoxy) is 1. The zero-order valence-corrected chi connectivity index (χ0v) is 19.8. The van der Waals surface area contributed by atoms with Gasteiger partial charge in [-0.2, -0.15) is 5.10 Å². The van der Waals surface area contributed by atoms with Crippen molar-refractivity contribution in [3.05, 3.63) is 42.4 Å². The molecule has 1 N–H and O–H groups in total. The smallest absolute Gasteiger partial charge is 0.138 e. The van der Waals surface area contributed by atoms with E-state index in [1.165, 1.54) is 6.42 Å². The second-order valence-corrected chi connectivity index (χ2v) is 9.64. The van der Waals surface area contributed by atoms with E-state index in [2.05, 4.69) is 44.8 Å². The lowest BCUT2D eigenvalue weighted by molar-refractivity contribution is 0.0125. The molecule has 3 fully saturated rings. The first-order chi connectivity index (χ1) is 16.4. The number of terminal acetylenes is 1. The van der Waals surface area contributed by atoms with E-state index >= 15 is 0 Å². The number of piperidine rings is 1. The summed E-state index contributed by atoms with van der Waals surface area (Å²) in [5.41, 5.74) is 2.42. The molecule has 0 amide bonds. The number of rotatable bonds is 6.